The second-order valence-corrected chi connectivity index (χ2v) is 5.87. The Morgan fingerprint density at radius 1 is 1.35 bits per heavy atom. The van der Waals surface area contributed by atoms with Gasteiger partial charge in [-0.2, -0.15) is 0 Å². The van der Waals surface area contributed by atoms with Crippen LogP contribution < -0.4 is 0 Å². The predicted octanol–water partition coefficient (Wildman–Crippen LogP) is 3.92. The zero-order chi connectivity index (χ0) is 14.1. The maximum atomic E-state index is 10.7. The van der Waals surface area contributed by atoms with E-state index in [0.29, 0.717) is 0 Å². The summed E-state index contributed by atoms with van der Waals surface area (Å²) in [6.07, 6.45) is 4.59. The van der Waals surface area contributed by atoms with Crippen LogP contribution in [0.15, 0.2) is 46.4 Å². The zero-order valence-corrected chi connectivity index (χ0v) is 12.6. The molecule has 0 atom stereocenters. The highest BCUT2D eigenvalue weighted by Crippen LogP contribution is 2.28. The molecule has 0 saturated carbocycles. The molecule has 0 amide bonds. The third-order valence-corrected chi connectivity index (χ3v) is 4.09. The number of halogens is 1. The lowest BCUT2D eigenvalue weighted by atomic mass is 10.1. The fourth-order valence-electron chi connectivity index (χ4n) is 1.93. The monoisotopic (exact) mass is 348 g/mol. The zero-order valence-electron chi connectivity index (χ0n) is 10.2. The van der Waals surface area contributed by atoms with Gasteiger partial charge in [-0.3, -0.25) is 4.40 Å². The second kappa shape index (κ2) is 5.22. The number of benzene rings is 1. The summed E-state index contributed by atoms with van der Waals surface area (Å²) in [4.78, 5) is 16.2. The van der Waals surface area contributed by atoms with Gasteiger partial charge in [0.1, 0.15) is 0 Å². The molecule has 0 aliphatic rings. The summed E-state index contributed by atoms with van der Waals surface area (Å²) in [6.45, 7) is 0. The first-order chi connectivity index (χ1) is 9.65. The van der Waals surface area contributed by atoms with E-state index >= 15 is 0 Å². The molecule has 20 heavy (non-hydrogen) atoms. The molecule has 1 aromatic carbocycles. The van der Waals surface area contributed by atoms with Crippen LogP contribution in [0.4, 0.5) is 0 Å². The largest absolute Gasteiger partial charge is 0.478 e. The molecule has 0 fully saturated rings. The van der Waals surface area contributed by atoms with Crippen molar-refractivity contribution in [1.82, 2.24) is 9.38 Å². The Balaban J connectivity index is 2.18. The Hall–Kier alpha value is -1.92. The van der Waals surface area contributed by atoms with Crippen molar-refractivity contribution in [2.24, 2.45) is 0 Å². The molecule has 0 aliphatic carbocycles. The number of imidazole rings is 1. The minimum Gasteiger partial charge on any atom is -0.478 e. The SMILES string of the molecule is O=C(O)C=Cc1c(-c2ccc(Br)cc2)nc2sccn12. The van der Waals surface area contributed by atoms with Crippen LogP contribution in [0.5, 0.6) is 0 Å². The first-order valence-electron chi connectivity index (χ1n) is 5.77. The average molecular weight is 349 g/mol. The van der Waals surface area contributed by atoms with Crippen molar-refractivity contribution in [3.05, 3.63) is 52.1 Å². The predicted molar refractivity (Wildman–Crippen MR) is 82.9 cm³/mol. The number of carboxylic acid groups (broad SMARTS) is 1. The smallest absolute Gasteiger partial charge is 0.328 e. The summed E-state index contributed by atoms with van der Waals surface area (Å²) in [5, 5.41) is 10.7. The minimum atomic E-state index is -0.975. The van der Waals surface area contributed by atoms with E-state index in [4.69, 9.17) is 5.11 Å². The van der Waals surface area contributed by atoms with Crippen LogP contribution in [-0.2, 0) is 4.79 Å². The van der Waals surface area contributed by atoms with E-state index in [2.05, 4.69) is 20.9 Å². The Morgan fingerprint density at radius 3 is 2.80 bits per heavy atom. The minimum absolute atomic E-state index is 0.769. The number of hydrogen-bond donors (Lipinski definition) is 1. The van der Waals surface area contributed by atoms with E-state index in [1.807, 2.05) is 40.2 Å². The van der Waals surface area contributed by atoms with Crippen molar-refractivity contribution in [3.8, 4) is 11.3 Å². The number of aliphatic carboxylic acids is 1. The Kier molecular flexibility index (Phi) is 3.42. The maximum Gasteiger partial charge on any atom is 0.328 e. The molecule has 6 heteroatoms. The number of rotatable bonds is 3. The Morgan fingerprint density at radius 2 is 2.10 bits per heavy atom. The first-order valence-corrected chi connectivity index (χ1v) is 7.45. The number of nitrogens with zero attached hydrogens (tertiary/aromatic N) is 2. The van der Waals surface area contributed by atoms with E-state index in [1.54, 1.807) is 6.08 Å². The van der Waals surface area contributed by atoms with Crippen molar-refractivity contribution < 1.29 is 9.90 Å². The van der Waals surface area contributed by atoms with Gasteiger partial charge < -0.3 is 5.11 Å². The van der Waals surface area contributed by atoms with Gasteiger partial charge >= 0.3 is 5.97 Å². The molecular formula is C14H9BrN2O2S. The second-order valence-electron chi connectivity index (χ2n) is 4.08. The van der Waals surface area contributed by atoms with Crippen LogP contribution in [0.25, 0.3) is 22.3 Å². The topological polar surface area (TPSA) is 54.6 Å². The summed E-state index contributed by atoms with van der Waals surface area (Å²) in [6, 6.07) is 7.78. The Bertz CT molecular complexity index is 802. The molecule has 3 aromatic rings. The van der Waals surface area contributed by atoms with Gasteiger partial charge in [-0.05, 0) is 18.2 Å². The summed E-state index contributed by atoms with van der Waals surface area (Å²) in [5.41, 5.74) is 2.50. The lowest BCUT2D eigenvalue weighted by Crippen LogP contribution is -1.89. The molecule has 0 unspecified atom stereocenters. The number of aromatic nitrogens is 2. The first kappa shape index (κ1) is 13.1. The summed E-state index contributed by atoms with van der Waals surface area (Å²) in [7, 11) is 0. The quantitative estimate of drug-likeness (QED) is 0.729. The molecule has 2 heterocycles. The highest BCUT2D eigenvalue weighted by Gasteiger charge is 2.12. The molecule has 3 rings (SSSR count). The van der Waals surface area contributed by atoms with E-state index in [0.717, 1.165) is 32.5 Å². The highest BCUT2D eigenvalue weighted by molar-refractivity contribution is 9.10. The lowest BCUT2D eigenvalue weighted by molar-refractivity contribution is -0.131. The van der Waals surface area contributed by atoms with Gasteiger partial charge in [0, 0.05) is 27.7 Å². The molecule has 100 valence electrons. The van der Waals surface area contributed by atoms with Crippen molar-refractivity contribution >= 4 is 44.3 Å². The fourth-order valence-corrected chi connectivity index (χ4v) is 2.92. The van der Waals surface area contributed by atoms with E-state index in [1.165, 1.54) is 11.3 Å². The van der Waals surface area contributed by atoms with E-state index < -0.39 is 5.97 Å². The van der Waals surface area contributed by atoms with Crippen molar-refractivity contribution in [2.45, 2.75) is 0 Å². The fraction of sp³-hybridized carbons (Fsp3) is 0. The third kappa shape index (κ3) is 2.39. The van der Waals surface area contributed by atoms with Gasteiger partial charge in [0.25, 0.3) is 0 Å². The molecule has 1 N–H and O–H groups in total. The number of fused-ring (bicyclic) bond motifs is 1. The summed E-state index contributed by atoms with van der Waals surface area (Å²) < 4.78 is 2.88. The van der Waals surface area contributed by atoms with Gasteiger partial charge in [0.2, 0.25) is 0 Å². The molecule has 0 aliphatic heterocycles. The van der Waals surface area contributed by atoms with Crippen molar-refractivity contribution in [3.63, 3.8) is 0 Å². The maximum absolute atomic E-state index is 10.7. The third-order valence-electron chi connectivity index (χ3n) is 2.80. The molecule has 2 aromatic heterocycles. The molecule has 0 saturated heterocycles. The summed E-state index contributed by atoms with van der Waals surface area (Å²) >= 11 is 4.91. The number of carboxylic acids is 1. The number of carbonyl (C=O) groups is 1. The molecular weight excluding hydrogens is 340 g/mol. The molecule has 4 nitrogen and oxygen atoms in total. The average Bonchev–Trinajstić information content (AvgIpc) is 2.98. The van der Waals surface area contributed by atoms with Gasteiger partial charge in [-0.25, -0.2) is 9.78 Å². The van der Waals surface area contributed by atoms with Crippen LogP contribution >= 0.6 is 27.3 Å². The summed E-state index contributed by atoms with van der Waals surface area (Å²) in [5.74, 6) is -0.975. The normalized spacial score (nSPS) is 11.4. The van der Waals surface area contributed by atoms with E-state index in [-0.39, 0.29) is 0 Å². The van der Waals surface area contributed by atoms with Gasteiger partial charge in [0.15, 0.2) is 4.96 Å². The van der Waals surface area contributed by atoms with Crippen LogP contribution in [0.1, 0.15) is 5.69 Å². The van der Waals surface area contributed by atoms with Gasteiger partial charge in [-0.15, -0.1) is 11.3 Å². The molecule has 0 bridgehead atoms. The van der Waals surface area contributed by atoms with Gasteiger partial charge in [-0.1, -0.05) is 28.1 Å². The number of hydrogen-bond acceptors (Lipinski definition) is 3. The van der Waals surface area contributed by atoms with Crippen molar-refractivity contribution in [1.29, 1.82) is 0 Å². The highest BCUT2D eigenvalue weighted by atomic mass is 79.9. The van der Waals surface area contributed by atoms with Crippen LogP contribution in [0.3, 0.4) is 0 Å². The van der Waals surface area contributed by atoms with Gasteiger partial charge in [0.05, 0.1) is 11.4 Å². The van der Waals surface area contributed by atoms with Crippen LogP contribution in [0, 0.1) is 0 Å². The van der Waals surface area contributed by atoms with Crippen LogP contribution in [0.2, 0.25) is 0 Å². The van der Waals surface area contributed by atoms with Crippen LogP contribution in [-0.4, -0.2) is 20.5 Å². The lowest BCUT2D eigenvalue weighted by Gasteiger charge is -2.00. The molecule has 0 radical (unpaired) electrons. The van der Waals surface area contributed by atoms with Crippen molar-refractivity contribution in [2.75, 3.05) is 0 Å². The van der Waals surface area contributed by atoms with E-state index in [9.17, 15) is 4.79 Å². The standard InChI is InChI=1S/C14H9BrN2O2S/c15-10-3-1-9(2-4-10)13-11(5-6-12(18)19)17-7-8-20-14(17)16-13/h1-8H,(H,18,19). The number of thiazole rings is 1. The Labute approximate surface area is 127 Å². The molecule has 0 spiro atoms.